The molecule has 0 radical (unpaired) electrons. The molecule has 0 aromatic heterocycles. The highest BCUT2D eigenvalue weighted by molar-refractivity contribution is 9.10. The van der Waals surface area contributed by atoms with Gasteiger partial charge in [-0.05, 0) is 12.1 Å². The molecular weight excluding hydrogens is 362 g/mol. The molecule has 22 heavy (non-hydrogen) atoms. The van der Waals surface area contributed by atoms with Gasteiger partial charge in [-0.1, -0.05) is 15.9 Å². The maximum Gasteiger partial charge on any atom is 0.290 e. The van der Waals surface area contributed by atoms with Gasteiger partial charge in [0.05, 0.1) is 7.11 Å². The summed E-state index contributed by atoms with van der Waals surface area (Å²) in [6.45, 7) is 0.646. The minimum atomic E-state index is -3.39. The lowest BCUT2D eigenvalue weighted by atomic mass is 9.97. The molecule has 5 nitrogen and oxygen atoms in total. The number of aliphatic hydroxyl groups excluding tert-OH is 1. The van der Waals surface area contributed by atoms with Gasteiger partial charge < -0.3 is 20.3 Å². The van der Waals surface area contributed by atoms with Gasteiger partial charge in [0, 0.05) is 36.2 Å². The first-order chi connectivity index (χ1) is 10.4. The van der Waals surface area contributed by atoms with Crippen LogP contribution in [0.3, 0.4) is 0 Å². The third kappa shape index (κ3) is 3.51. The summed E-state index contributed by atoms with van der Waals surface area (Å²) in [6.07, 6.45) is 0. The second-order valence-electron chi connectivity index (χ2n) is 5.15. The van der Waals surface area contributed by atoms with Crippen LogP contribution in [0.5, 0.6) is 11.5 Å². The highest BCUT2D eigenvalue weighted by atomic mass is 79.9. The van der Waals surface area contributed by atoms with Crippen LogP contribution in [0.2, 0.25) is 0 Å². The summed E-state index contributed by atoms with van der Waals surface area (Å²) >= 11 is 3.24. The molecule has 0 aliphatic carbocycles. The Morgan fingerprint density at radius 2 is 2.05 bits per heavy atom. The van der Waals surface area contributed by atoms with Crippen LogP contribution in [0.25, 0.3) is 0 Å². The number of hydrogen-bond acceptors (Lipinski definition) is 5. The fraction of sp³-hybridized carbons (Fsp3) is 0.571. The fourth-order valence-corrected chi connectivity index (χ4v) is 3.13. The molecule has 0 saturated carbocycles. The Labute approximate surface area is 136 Å². The van der Waals surface area contributed by atoms with E-state index in [-0.39, 0.29) is 17.1 Å². The minimum absolute atomic E-state index is 0.0344. The Bertz CT molecular complexity index is 525. The van der Waals surface area contributed by atoms with E-state index in [0.717, 1.165) is 0 Å². The second kappa shape index (κ2) is 7.08. The SMILES string of the molecule is COc1cc(Br)cc([C@H](N2CCNCC2)C(F)(F)CO)c1O. The quantitative estimate of drug-likeness (QED) is 0.725. The van der Waals surface area contributed by atoms with E-state index < -0.39 is 18.6 Å². The predicted molar refractivity (Wildman–Crippen MR) is 81.6 cm³/mol. The molecule has 1 aromatic rings. The van der Waals surface area contributed by atoms with Gasteiger partial charge in [0.25, 0.3) is 5.92 Å². The zero-order valence-corrected chi connectivity index (χ0v) is 13.7. The predicted octanol–water partition coefficient (Wildman–Crippen LogP) is 1.74. The molecule has 0 unspecified atom stereocenters. The number of nitrogens with zero attached hydrogens (tertiary/aromatic N) is 1. The summed E-state index contributed by atoms with van der Waals surface area (Å²) in [5.41, 5.74) is 0.0344. The van der Waals surface area contributed by atoms with E-state index in [2.05, 4.69) is 21.2 Å². The third-order valence-electron chi connectivity index (χ3n) is 3.71. The van der Waals surface area contributed by atoms with Gasteiger partial charge in [0.1, 0.15) is 12.6 Å². The van der Waals surface area contributed by atoms with Crippen LogP contribution in [-0.2, 0) is 0 Å². The van der Waals surface area contributed by atoms with Crippen LogP contribution in [0.4, 0.5) is 8.78 Å². The first-order valence-electron chi connectivity index (χ1n) is 6.90. The topological polar surface area (TPSA) is 65.0 Å². The van der Waals surface area contributed by atoms with Crippen molar-refractivity contribution in [3.8, 4) is 11.5 Å². The fourth-order valence-electron chi connectivity index (χ4n) is 2.68. The first-order valence-corrected chi connectivity index (χ1v) is 7.70. The molecule has 3 N–H and O–H groups in total. The highest BCUT2D eigenvalue weighted by Gasteiger charge is 2.45. The van der Waals surface area contributed by atoms with E-state index in [1.54, 1.807) is 4.90 Å². The molecule has 1 fully saturated rings. The zero-order chi connectivity index (χ0) is 16.3. The van der Waals surface area contributed by atoms with E-state index in [9.17, 15) is 13.9 Å². The zero-order valence-electron chi connectivity index (χ0n) is 12.2. The normalized spacial score (nSPS) is 18.2. The van der Waals surface area contributed by atoms with Crippen LogP contribution >= 0.6 is 15.9 Å². The Balaban J connectivity index is 2.51. The number of phenolic OH excluding ortho intramolecular Hbond substituents is 1. The standard InChI is InChI=1S/C14H19BrF2N2O3/c1-22-11-7-9(15)6-10(12(11)21)13(14(16,17)8-20)19-4-2-18-3-5-19/h6-7,13,18,20-21H,2-5,8H2,1H3/t13-/m0/s1. The largest absolute Gasteiger partial charge is 0.504 e. The molecule has 1 aliphatic heterocycles. The molecule has 8 heteroatoms. The van der Waals surface area contributed by atoms with Crippen molar-refractivity contribution in [2.24, 2.45) is 0 Å². The molecule has 2 rings (SSSR count). The van der Waals surface area contributed by atoms with Crippen LogP contribution in [0.1, 0.15) is 11.6 Å². The minimum Gasteiger partial charge on any atom is -0.504 e. The number of hydrogen-bond donors (Lipinski definition) is 3. The van der Waals surface area contributed by atoms with Gasteiger partial charge in [-0.2, -0.15) is 0 Å². The van der Waals surface area contributed by atoms with Crippen molar-refractivity contribution in [1.29, 1.82) is 0 Å². The number of aliphatic hydroxyl groups is 1. The second-order valence-corrected chi connectivity index (χ2v) is 6.07. The Morgan fingerprint density at radius 3 is 2.59 bits per heavy atom. The number of ether oxygens (including phenoxy) is 1. The summed E-state index contributed by atoms with van der Waals surface area (Å²) in [4.78, 5) is 1.56. The van der Waals surface area contributed by atoms with E-state index >= 15 is 0 Å². The van der Waals surface area contributed by atoms with E-state index in [4.69, 9.17) is 9.84 Å². The molecule has 1 aliphatic rings. The number of rotatable bonds is 5. The molecule has 124 valence electrons. The number of halogens is 3. The number of alkyl halides is 2. The molecule has 0 spiro atoms. The van der Waals surface area contributed by atoms with Gasteiger partial charge in [-0.3, -0.25) is 4.90 Å². The van der Waals surface area contributed by atoms with E-state index in [0.29, 0.717) is 30.7 Å². The summed E-state index contributed by atoms with van der Waals surface area (Å²) in [5, 5.41) is 22.5. The lowest BCUT2D eigenvalue weighted by Gasteiger charge is -2.39. The third-order valence-corrected chi connectivity index (χ3v) is 4.17. The van der Waals surface area contributed by atoms with Crippen molar-refractivity contribution in [1.82, 2.24) is 10.2 Å². The van der Waals surface area contributed by atoms with Gasteiger partial charge >= 0.3 is 0 Å². The number of nitrogens with one attached hydrogen (secondary N) is 1. The molecule has 1 aromatic carbocycles. The number of methoxy groups -OCH3 is 1. The maximum absolute atomic E-state index is 14.4. The van der Waals surface area contributed by atoms with Gasteiger partial charge in [0.15, 0.2) is 11.5 Å². The molecule has 1 heterocycles. The summed E-state index contributed by atoms with van der Waals surface area (Å²) in [7, 11) is 1.36. The van der Waals surface area contributed by atoms with Crippen molar-refractivity contribution in [3.05, 3.63) is 22.2 Å². The van der Waals surface area contributed by atoms with E-state index in [1.807, 2.05) is 0 Å². The van der Waals surface area contributed by atoms with Crippen LogP contribution in [0, 0.1) is 0 Å². The number of piperazine rings is 1. The maximum atomic E-state index is 14.4. The Hall–Kier alpha value is -0.960. The first kappa shape index (κ1) is 17.4. The molecule has 1 atom stereocenters. The van der Waals surface area contributed by atoms with Crippen LogP contribution in [0.15, 0.2) is 16.6 Å². The molecule has 0 bridgehead atoms. The monoisotopic (exact) mass is 380 g/mol. The number of benzene rings is 1. The average Bonchev–Trinajstić information content (AvgIpc) is 2.51. The van der Waals surface area contributed by atoms with E-state index in [1.165, 1.54) is 19.2 Å². The van der Waals surface area contributed by atoms with Crippen molar-refractivity contribution in [2.45, 2.75) is 12.0 Å². The lowest BCUT2D eigenvalue weighted by Crippen LogP contribution is -2.51. The lowest BCUT2D eigenvalue weighted by molar-refractivity contribution is -0.119. The number of phenols is 1. The van der Waals surface area contributed by atoms with Gasteiger partial charge in [-0.25, -0.2) is 8.78 Å². The molecular formula is C14H19BrF2N2O3. The van der Waals surface area contributed by atoms with Crippen molar-refractivity contribution < 1.29 is 23.7 Å². The van der Waals surface area contributed by atoms with Gasteiger partial charge in [-0.15, -0.1) is 0 Å². The summed E-state index contributed by atoms with van der Waals surface area (Å²) in [6, 6.07) is 1.52. The average molecular weight is 381 g/mol. The van der Waals surface area contributed by atoms with Crippen LogP contribution in [-0.4, -0.2) is 60.9 Å². The van der Waals surface area contributed by atoms with Crippen LogP contribution < -0.4 is 10.1 Å². The van der Waals surface area contributed by atoms with Crippen molar-refractivity contribution >= 4 is 15.9 Å². The summed E-state index contributed by atoms with van der Waals surface area (Å²) in [5.74, 6) is -3.61. The molecule has 1 saturated heterocycles. The van der Waals surface area contributed by atoms with Gasteiger partial charge in [0.2, 0.25) is 0 Å². The smallest absolute Gasteiger partial charge is 0.290 e. The van der Waals surface area contributed by atoms with Crippen molar-refractivity contribution in [2.75, 3.05) is 39.9 Å². The Kier molecular flexibility index (Phi) is 5.60. The summed E-state index contributed by atoms with van der Waals surface area (Å²) < 4.78 is 34.3. The molecule has 0 amide bonds. The Morgan fingerprint density at radius 1 is 1.41 bits per heavy atom. The van der Waals surface area contributed by atoms with Crippen molar-refractivity contribution in [3.63, 3.8) is 0 Å². The number of aromatic hydroxyl groups is 1. The highest BCUT2D eigenvalue weighted by Crippen LogP contribution is 2.45.